The van der Waals surface area contributed by atoms with Gasteiger partial charge in [-0.15, -0.1) is 11.3 Å². The number of nitrogens with one attached hydrogen (secondary N) is 1. The molecule has 0 bridgehead atoms. The number of amides is 1. The summed E-state index contributed by atoms with van der Waals surface area (Å²) in [5, 5.41) is 5.26. The third kappa shape index (κ3) is 2.47. The summed E-state index contributed by atoms with van der Waals surface area (Å²) in [4.78, 5) is 14.9. The molecule has 2 rings (SSSR count). The van der Waals surface area contributed by atoms with Crippen molar-refractivity contribution in [3.8, 4) is 0 Å². The average Bonchev–Trinajstić information content (AvgIpc) is 2.75. The smallest absolute Gasteiger partial charge is 0.265 e. The third-order valence-corrected chi connectivity index (χ3v) is 4.78. The second kappa shape index (κ2) is 5.29. The van der Waals surface area contributed by atoms with Gasteiger partial charge in [-0.1, -0.05) is 0 Å². The van der Waals surface area contributed by atoms with E-state index in [-0.39, 0.29) is 5.91 Å². The molecule has 1 saturated heterocycles. The van der Waals surface area contributed by atoms with Gasteiger partial charge in [-0.2, -0.15) is 0 Å². The summed E-state index contributed by atoms with van der Waals surface area (Å²) in [7, 11) is 1.90. The molecule has 1 aromatic heterocycles. The molecular weight excluding hydrogens is 288 g/mol. The Morgan fingerprint density at radius 3 is 3.06 bits per heavy atom. The number of carbonyl (C=O) groups is 1. The number of halogens is 1. The maximum atomic E-state index is 12.2. The predicted molar refractivity (Wildman–Crippen MR) is 70.0 cm³/mol. The number of hydrogen-bond donors (Lipinski definition) is 1. The van der Waals surface area contributed by atoms with Crippen molar-refractivity contribution in [3.63, 3.8) is 0 Å². The summed E-state index contributed by atoms with van der Waals surface area (Å²) >= 11 is 4.90. The standard InChI is InChI=1S/C11H15BrN2OS/c1-14(8-3-2-5-13-7-8)11(15)10-9(12)4-6-16-10/h4,6,8,13H,2-3,5,7H2,1H3. The van der Waals surface area contributed by atoms with Gasteiger partial charge in [-0.3, -0.25) is 4.79 Å². The Morgan fingerprint density at radius 1 is 1.69 bits per heavy atom. The summed E-state index contributed by atoms with van der Waals surface area (Å²) in [6, 6.07) is 2.25. The van der Waals surface area contributed by atoms with Crippen molar-refractivity contribution in [1.82, 2.24) is 10.2 Å². The number of nitrogens with zero attached hydrogens (tertiary/aromatic N) is 1. The van der Waals surface area contributed by atoms with Crippen LogP contribution in [0.15, 0.2) is 15.9 Å². The molecule has 1 aliphatic heterocycles. The molecule has 88 valence electrons. The van der Waals surface area contributed by atoms with Crippen molar-refractivity contribution in [2.24, 2.45) is 0 Å². The molecule has 1 atom stereocenters. The van der Waals surface area contributed by atoms with Crippen molar-refractivity contribution >= 4 is 33.2 Å². The van der Waals surface area contributed by atoms with Crippen molar-refractivity contribution in [2.45, 2.75) is 18.9 Å². The summed E-state index contributed by atoms with van der Waals surface area (Å²) < 4.78 is 0.901. The fourth-order valence-electron chi connectivity index (χ4n) is 1.94. The van der Waals surface area contributed by atoms with Crippen molar-refractivity contribution in [1.29, 1.82) is 0 Å². The summed E-state index contributed by atoms with van der Waals surface area (Å²) in [5.74, 6) is 0.121. The van der Waals surface area contributed by atoms with Crippen LogP contribution in [0.3, 0.4) is 0 Å². The number of hydrogen-bond acceptors (Lipinski definition) is 3. The highest BCUT2D eigenvalue weighted by molar-refractivity contribution is 9.10. The number of thiophene rings is 1. The number of likely N-dealkylation sites (N-methyl/N-ethyl adjacent to an activating group) is 1. The van der Waals surface area contributed by atoms with Crippen LogP contribution < -0.4 is 5.32 Å². The largest absolute Gasteiger partial charge is 0.337 e. The third-order valence-electron chi connectivity index (χ3n) is 2.95. The Balaban J connectivity index is 2.06. The maximum absolute atomic E-state index is 12.2. The van der Waals surface area contributed by atoms with Gasteiger partial charge in [0, 0.05) is 24.1 Å². The molecule has 2 heterocycles. The van der Waals surface area contributed by atoms with E-state index in [1.807, 2.05) is 23.4 Å². The molecule has 0 spiro atoms. The van der Waals surface area contributed by atoms with Crippen LogP contribution in [-0.4, -0.2) is 37.0 Å². The van der Waals surface area contributed by atoms with Gasteiger partial charge in [0.2, 0.25) is 0 Å². The van der Waals surface area contributed by atoms with Gasteiger partial charge < -0.3 is 10.2 Å². The minimum Gasteiger partial charge on any atom is -0.337 e. The van der Waals surface area contributed by atoms with Crippen molar-refractivity contribution < 1.29 is 4.79 Å². The average molecular weight is 303 g/mol. The molecule has 5 heteroatoms. The zero-order chi connectivity index (χ0) is 11.5. The van der Waals surface area contributed by atoms with Crippen LogP contribution in [0, 0.1) is 0 Å². The van der Waals surface area contributed by atoms with Gasteiger partial charge in [-0.05, 0) is 46.8 Å². The lowest BCUT2D eigenvalue weighted by Crippen LogP contribution is -2.46. The Kier molecular flexibility index (Phi) is 4.00. The minimum atomic E-state index is 0.121. The van der Waals surface area contributed by atoms with Crippen LogP contribution in [0.2, 0.25) is 0 Å². The van der Waals surface area contributed by atoms with E-state index in [2.05, 4.69) is 21.2 Å². The highest BCUT2D eigenvalue weighted by Crippen LogP contribution is 2.25. The van der Waals surface area contributed by atoms with E-state index < -0.39 is 0 Å². The first-order valence-electron chi connectivity index (χ1n) is 5.41. The monoisotopic (exact) mass is 302 g/mol. The Bertz CT molecular complexity index is 374. The highest BCUT2D eigenvalue weighted by Gasteiger charge is 2.24. The number of piperidine rings is 1. The fourth-order valence-corrected chi connectivity index (χ4v) is 3.46. The molecule has 0 saturated carbocycles. The second-order valence-corrected chi connectivity index (χ2v) is 5.78. The van der Waals surface area contributed by atoms with Gasteiger partial charge in [0.1, 0.15) is 4.88 Å². The summed E-state index contributed by atoms with van der Waals surface area (Å²) in [6.45, 7) is 1.98. The van der Waals surface area contributed by atoms with Crippen LogP contribution in [0.5, 0.6) is 0 Å². The molecule has 0 aliphatic carbocycles. The SMILES string of the molecule is CN(C(=O)c1sccc1Br)C1CCCNC1. The van der Waals surface area contributed by atoms with E-state index in [1.165, 1.54) is 11.3 Å². The van der Waals surface area contributed by atoms with Crippen LogP contribution in [0.4, 0.5) is 0 Å². The first-order valence-corrected chi connectivity index (χ1v) is 7.08. The van der Waals surface area contributed by atoms with Gasteiger partial charge in [-0.25, -0.2) is 0 Å². The summed E-state index contributed by atoms with van der Waals surface area (Å²) in [6.07, 6.45) is 2.24. The normalized spacial score (nSPS) is 20.8. The predicted octanol–water partition coefficient (Wildman–Crippen LogP) is 2.33. The second-order valence-electron chi connectivity index (χ2n) is 4.01. The fraction of sp³-hybridized carbons (Fsp3) is 0.545. The highest BCUT2D eigenvalue weighted by atomic mass is 79.9. The van der Waals surface area contributed by atoms with E-state index in [0.29, 0.717) is 6.04 Å². The van der Waals surface area contributed by atoms with E-state index in [9.17, 15) is 4.79 Å². The molecule has 0 radical (unpaired) electrons. The minimum absolute atomic E-state index is 0.121. The lowest BCUT2D eigenvalue weighted by atomic mass is 10.1. The first kappa shape index (κ1) is 12.1. The van der Waals surface area contributed by atoms with Gasteiger partial charge >= 0.3 is 0 Å². The summed E-state index contributed by atoms with van der Waals surface area (Å²) in [5.41, 5.74) is 0. The quantitative estimate of drug-likeness (QED) is 0.909. The van der Waals surface area contributed by atoms with Crippen molar-refractivity contribution in [3.05, 3.63) is 20.8 Å². The van der Waals surface area contributed by atoms with E-state index >= 15 is 0 Å². The lowest BCUT2D eigenvalue weighted by Gasteiger charge is -2.31. The zero-order valence-electron chi connectivity index (χ0n) is 9.20. The maximum Gasteiger partial charge on any atom is 0.265 e. The Labute approximate surface area is 108 Å². The van der Waals surface area contributed by atoms with Gasteiger partial charge in [0.25, 0.3) is 5.91 Å². The van der Waals surface area contributed by atoms with E-state index in [0.717, 1.165) is 35.3 Å². The topological polar surface area (TPSA) is 32.3 Å². The van der Waals surface area contributed by atoms with E-state index in [4.69, 9.17) is 0 Å². The molecule has 0 aromatic carbocycles. The van der Waals surface area contributed by atoms with Gasteiger partial charge in [0.05, 0.1) is 0 Å². The molecule has 1 aromatic rings. The first-order chi connectivity index (χ1) is 7.70. The Morgan fingerprint density at radius 2 is 2.50 bits per heavy atom. The molecule has 1 unspecified atom stereocenters. The van der Waals surface area contributed by atoms with Crippen LogP contribution in [0.1, 0.15) is 22.5 Å². The molecule has 3 nitrogen and oxygen atoms in total. The lowest BCUT2D eigenvalue weighted by molar-refractivity contribution is 0.0712. The molecule has 1 aliphatic rings. The Hall–Kier alpha value is -0.390. The van der Waals surface area contributed by atoms with E-state index in [1.54, 1.807) is 0 Å². The van der Waals surface area contributed by atoms with Crippen LogP contribution >= 0.6 is 27.3 Å². The van der Waals surface area contributed by atoms with Crippen LogP contribution in [-0.2, 0) is 0 Å². The van der Waals surface area contributed by atoms with Gasteiger partial charge in [0.15, 0.2) is 0 Å². The van der Waals surface area contributed by atoms with Crippen LogP contribution in [0.25, 0.3) is 0 Å². The number of rotatable bonds is 2. The molecule has 1 N–H and O–H groups in total. The molecule has 16 heavy (non-hydrogen) atoms. The zero-order valence-corrected chi connectivity index (χ0v) is 11.6. The molecule has 1 fully saturated rings. The van der Waals surface area contributed by atoms with Crippen molar-refractivity contribution in [2.75, 3.05) is 20.1 Å². The molecular formula is C11H15BrN2OS. The number of carbonyl (C=O) groups excluding carboxylic acids is 1. The molecule has 1 amide bonds.